The summed E-state index contributed by atoms with van der Waals surface area (Å²) in [7, 11) is 4.84. The van der Waals surface area contributed by atoms with Crippen LogP contribution in [-0.4, -0.2) is 26.3 Å². The molecular weight excluding hydrogens is 326 g/mol. The first-order valence-corrected chi connectivity index (χ1v) is 7.84. The van der Waals surface area contributed by atoms with Gasteiger partial charge in [0.25, 0.3) is 0 Å². The summed E-state index contributed by atoms with van der Waals surface area (Å²) in [6, 6.07) is 11.8. The van der Waals surface area contributed by atoms with Gasteiger partial charge in [0.05, 0.1) is 26.7 Å². The molecular formula is C19H18ClNO3. The molecule has 0 fully saturated rings. The zero-order valence-electron chi connectivity index (χ0n) is 14.0. The van der Waals surface area contributed by atoms with E-state index in [1.807, 2.05) is 43.3 Å². The van der Waals surface area contributed by atoms with Crippen LogP contribution in [0.4, 0.5) is 0 Å². The molecule has 0 aliphatic heterocycles. The molecule has 0 N–H and O–H groups in total. The fraction of sp³-hybridized carbons (Fsp3) is 0.211. The molecule has 124 valence electrons. The van der Waals surface area contributed by atoms with Crippen LogP contribution >= 0.6 is 11.6 Å². The number of fused-ring (bicyclic) bond motifs is 1. The minimum absolute atomic E-state index is 0.395. The number of halogens is 1. The number of benzene rings is 2. The Labute approximate surface area is 145 Å². The van der Waals surface area contributed by atoms with Crippen molar-refractivity contribution in [1.29, 1.82) is 0 Å². The SMILES string of the molecule is COc1c(C)c(OC)c2nc(Cl)cc(-c3ccccc3)c2c1OC. The lowest BCUT2D eigenvalue weighted by Crippen LogP contribution is -2.01. The normalized spacial score (nSPS) is 10.7. The Morgan fingerprint density at radius 1 is 0.875 bits per heavy atom. The number of pyridine rings is 1. The molecule has 0 atom stereocenters. The van der Waals surface area contributed by atoms with Gasteiger partial charge in [0, 0.05) is 5.56 Å². The van der Waals surface area contributed by atoms with E-state index in [0.717, 1.165) is 22.1 Å². The average Bonchev–Trinajstić information content (AvgIpc) is 2.60. The molecule has 0 aliphatic carbocycles. The van der Waals surface area contributed by atoms with Crippen LogP contribution in [0, 0.1) is 6.92 Å². The van der Waals surface area contributed by atoms with Gasteiger partial charge in [-0.2, -0.15) is 0 Å². The molecule has 3 rings (SSSR count). The van der Waals surface area contributed by atoms with Crippen molar-refractivity contribution in [2.45, 2.75) is 6.92 Å². The molecule has 3 aromatic rings. The Morgan fingerprint density at radius 3 is 2.08 bits per heavy atom. The molecule has 1 aromatic heterocycles. The molecule has 2 aromatic carbocycles. The predicted octanol–water partition coefficient (Wildman–Crippen LogP) is 4.89. The van der Waals surface area contributed by atoms with Crippen LogP contribution in [0.3, 0.4) is 0 Å². The monoisotopic (exact) mass is 343 g/mol. The van der Waals surface area contributed by atoms with Gasteiger partial charge in [-0.15, -0.1) is 0 Å². The van der Waals surface area contributed by atoms with Crippen LogP contribution < -0.4 is 14.2 Å². The van der Waals surface area contributed by atoms with Crippen molar-refractivity contribution in [2.24, 2.45) is 0 Å². The Kier molecular flexibility index (Phi) is 4.49. The topological polar surface area (TPSA) is 40.6 Å². The number of nitrogens with zero attached hydrogens (tertiary/aromatic N) is 1. The molecule has 0 spiro atoms. The highest BCUT2D eigenvalue weighted by atomic mass is 35.5. The highest BCUT2D eigenvalue weighted by Crippen LogP contribution is 2.48. The molecule has 4 nitrogen and oxygen atoms in total. The molecule has 0 unspecified atom stereocenters. The second-order valence-electron chi connectivity index (χ2n) is 5.31. The first-order valence-electron chi connectivity index (χ1n) is 7.46. The minimum atomic E-state index is 0.395. The lowest BCUT2D eigenvalue weighted by molar-refractivity contribution is 0.350. The number of aromatic nitrogens is 1. The molecule has 0 saturated heterocycles. The highest BCUT2D eigenvalue weighted by molar-refractivity contribution is 6.30. The molecule has 24 heavy (non-hydrogen) atoms. The molecule has 0 radical (unpaired) electrons. The van der Waals surface area contributed by atoms with Crippen LogP contribution in [-0.2, 0) is 0 Å². The summed E-state index contributed by atoms with van der Waals surface area (Å²) in [5.41, 5.74) is 3.40. The van der Waals surface area contributed by atoms with Gasteiger partial charge >= 0.3 is 0 Å². The van der Waals surface area contributed by atoms with E-state index in [2.05, 4.69) is 4.98 Å². The van der Waals surface area contributed by atoms with E-state index in [-0.39, 0.29) is 0 Å². The fourth-order valence-electron chi connectivity index (χ4n) is 3.01. The Morgan fingerprint density at radius 2 is 1.50 bits per heavy atom. The first-order chi connectivity index (χ1) is 11.6. The van der Waals surface area contributed by atoms with E-state index in [9.17, 15) is 0 Å². The van der Waals surface area contributed by atoms with E-state index in [0.29, 0.717) is 27.9 Å². The van der Waals surface area contributed by atoms with Crippen molar-refractivity contribution in [1.82, 2.24) is 4.98 Å². The van der Waals surface area contributed by atoms with Crippen molar-refractivity contribution >= 4 is 22.5 Å². The van der Waals surface area contributed by atoms with Crippen LogP contribution in [0.5, 0.6) is 17.2 Å². The molecule has 0 aliphatic rings. The van der Waals surface area contributed by atoms with Gasteiger partial charge in [0.15, 0.2) is 17.2 Å². The number of ether oxygens (including phenoxy) is 3. The summed E-state index contributed by atoms with van der Waals surface area (Å²) in [4.78, 5) is 4.48. The average molecular weight is 344 g/mol. The van der Waals surface area contributed by atoms with E-state index < -0.39 is 0 Å². The van der Waals surface area contributed by atoms with Crippen LogP contribution in [0.2, 0.25) is 5.15 Å². The Balaban J connectivity index is 2.54. The largest absolute Gasteiger partial charge is 0.494 e. The summed E-state index contributed by atoms with van der Waals surface area (Å²) in [5.74, 6) is 1.87. The third-order valence-electron chi connectivity index (χ3n) is 4.01. The van der Waals surface area contributed by atoms with Crippen molar-refractivity contribution in [2.75, 3.05) is 21.3 Å². The molecule has 5 heteroatoms. The molecule has 0 saturated carbocycles. The van der Waals surface area contributed by atoms with Crippen molar-refractivity contribution < 1.29 is 14.2 Å². The van der Waals surface area contributed by atoms with Crippen LogP contribution in [0.15, 0.2) is 36.4 Å². The second kappa shape index (κ2) is 6.57. The van der Waals surface area contributed by atoms with Gasteiger partial charge in [0.1, 0.15) is 10.7 Å². The minimum Gasteiger partial charge on any atom is -0.494 e. The molecule has 1 heterocycles. The number of hydrogen-bond donors (Lipinski definition) is 0. The third kappa shape index (κ3) is 2.53. The quantitative estimate of drug-likeness (QED) is 0.632. The first kappa shape index (κ1) is 16.4. The van der Waals surface area contributed by atoms with Gasteiger partial charge < -0.3 is 14.2 Å². The summed E-state index contributed by atoms with van der Waals surface area (Å²) in [5, 5.41) is 1.21. The Hall–Kier alpha value is -2.46. The standard InChI is InChI=1S/C19H18ClNO3/c1-11-17(22-2)16-15(19(24-4)18(11)23-3)13(10-14(20)21-16)12-8-6-5-7-9-12/h5-10H,1-4H3. The number of rotatable bonds is 4. The molecule has 0 amide bonds. The van der Waals surface area contributed by atoms with E-state index in [4.69, 9.17) is 25.8 Å². The predicted molar refractivity (Wildman–Crippen MR) is 96.6 cm³/mol. The summed E-state index contributed by atoms with van der Waals surface area (Å²) in [6.07, 6.45) is 0. The third-order valence-corrected chi connectivity index (χ3v) is 4.21. The van der Waals surface area contributed by atoms with Gasteiger partial charge in [-0.3, -0.25) is 0 Å². The van der Waals surface area contributed by atoms with E-state index in [1.165, 1.54) is 0 Å². The zero-order valence-corrected chi connectivity index (χ0v) is 14.8. The number of methoxy groups -OCH3 is 3. The van der Waals surface area contributed by atoms with Crippen molar-refractivity contribution in [3.05, 3.63) is 47.1 Å². The van der Waals surface area contributed by atoms with Crippen LogP contribution in [0.1, 0.15) is 5.56 Å². The summed E-state index contributed by atoms with van der Waals surface area (Å²) < 4.78 is 16.8. The maximum atomic E-state index is 6.29. The van der Waals surface area contributed by atoms with E-state index in [1.54, 1.807) is 21.3 Å². The highest BCUT2D eigenvalue weighted by Gasteiger charge is 2.23. The maximum absolute atomic E-state index is 6.29. The van der Waals surface area contributed by atoms with Gasteiger partial charge in [-0.25, -0.2) is 4.98 Å². The smallest absolute Gasteiger partial charge is 0.171 e. The van der Waals surface area contributed by atoms with Crippen LogP contribution in [0.25, 0.3) is 22.0 Å². The lowest BCUT2D eigenvalue weighted by Gasteiger charge is -2.19. The summed E-state index contributed by atoms with van der Waals surface area (Å²) in [6.45, 7) is 1.91. The summed E-state index contributed by atoms with van der Waals surface area (Å²) >= 11 is 6.29. The van der Waals surface area contributed by atoms with E-state index >= 15 is 0 Å². The van der Waals surface area contributed by atoms with Gasteiger partial charge in [-0.1, -0.05) is 41.9 Å². The maximum Gasteiger partial charge on any atom is 0.171 e. The van der Waals surface area contributed by atoms with Gasteiger partial charge in [0.2, 0.25) is 0 Å². The lowest BCUT2D eigenvalue weighted by atomic mass is 9.98. The Bertz CT molecular complexity index is 894. The fourth-order valence-corrected chi connectivity index (χ4v) is 3.20. The van der Waals surface area contributed by atoms with Crippen molar-refractivity contribution in [3.8, 4) is 28.4 Å². The van der Waals surface area contributed by atoms with Crippen molar-refractivity contribution in [3.63, 3.8) is 0 Å². The zero-order chi connectivity index (χ0) is 17.3. The number of hydrogen-bond acceptors (Lipinski definition) is 4. The van der Waals surface area contributed by atoms with Gasteiger partial charge in [-0.05, 0) is 24.1 Å². The molecule has 0 bridgehead atoms. The second-order valence-corrected chi connectivity index (χ2v) is 5.69.